The summed E-state index contributed by atoms with van der Waals surface area (Å²) in [5.41, 5.74) is 4.25. The van der Waals surface area contributed by atoms with E-state index in [1.807, 2.05) is 23.1 Å². The van der Waals surface area contributed by atoms with E-state index < -0.39 is 0 Å². The minimum atomic E-state index is -0.0621. The molecule has 1 aromatic carbocycles. The van der Waals surface area contributed by atoms with E-state index in [0.29, 0.717) is 13.1 Å². The molecule has 0 atom stereocenters. The fourth-order valence-corrected chi connectivity index (χ4v) is 2.89. The van der Waals surface area contributed by atoms with Crippen molar-refractivity contribution in [3.8, 4) is 0 Å². The van der Waals surface area contributed by atoms with E-state index in [9.17, 15) is 9.90 Å². The smallest absolute Gasteiger partial charge is 0.238 e. The zero-order chi connectivity index (χ0) is 18.1. The number of pyridine rings is 1. The summed E-state index contributed by atoms with van der Waals surface area (Å²) in [4.78, 5) is 18.6. The van der Waals surface area contributed by atoms with Crippen LogP contribution in [0.5, 0.6) is 0 Å². The van der Waals surface area contributed by atoms with Gasteiger partial charge in [-0.1, -0.05) is 38.1 Å². The molecule has 0 fully saturated rings. The maximum absolute atomic E-state index is 12.6. The number of benzene rings is 1. The number of hydrogen-bond acceptors (Lipinski definition) is 4. The molecule has 1 heterocycles. The van der Waals surface area contributed by atoms with Crippen molar-refractivity contribution in [2.45, 2.75) is 33.2 Å². The second-order valence-corrected chi connectivity index (χ2v) is 6.00. The number of nitrogens with one attached hydrogen (secondary N) is 1. The maximum Gasteiger partial charge on any atom is 0.238 e. The lowest BCUT2D eigenvalue weighted by atomic mass is 10.0. The molecule has 0 spiro atoms. The van der Waals surface area contributed by atoms with Crippen molar-refractivity contribution in [2.24, 2.45) is 0 Å². The first-order valence-corrected chi connectivity index (χ1v) is 8.80. The second-order valence-electron chi connectivity index (χ2n) is 6.00. The van der Waals surface area contributed by atoms with Crippen molar-refractivity contribution in [1.29, 1.82) is 0 Å². The fourth-order valence-electron chi connectivity index (χ4n) is 2.89. The van der Waals surface area contributed by atoms with Crippen molar-refractivity contribution in [2.75, 3.05) is 25.0 Å². The third-order valence-electron chi connectivity index (χ3n) is 4.18. The first-order chi connectivity index (χ1) is 12.2. The molecule has 0 bridgehead atoms. The highest BCUT2D eigenvalue weighted by molar-refractivity contribution is 5.93. The van der Waals surface area contributed by atoms with Gasteiger partial charge >= 0.3 is 0 Å². The minimum absolute atomic E-state index is 0.0132. The Kier molecular flexibility index (Phi) is 7.57. The lowest BCUT2D eigenvalue weighted by Crippen LogP contribution is -2.35. The van der Waals surface area contributed by atoms with Crippen LogP contribution in [0.4, 0.5) is 5.69 Å². The van der Waals surface area contributed by atoms with Crippen LogP contribution in [0.3, 0.4) is 0 Å². The van der Waals surface area contributed by atoms with Gasteiger partial charge in [-0.3, -0.25) is 14.7 Å². The van der Waals surface area contributed by atoms with E-state index in [0.717, 1.165) is 35.2 Å². The van der Waals surface area contributed by atoms with E-state index in [4.69, 9.17) is 0 Å². The number of carbonyl (C=O) groups is 1. The van der Waals surface area contributed by atoms with Crippen LogP contribution < -0.4 is 5.32 Å². The van der Waals surface area contributed by atoms with Crippen LogP contribution in [0, 0.1) is 0 Å². The monoisotopic (exact) mass is 341 g/mol. The van der Waals surface area contributed by atoms with Crippen LogP contribution in [0.2, 0.25) is 0 Å². The molecule has 1 amide bonds. The van der Waals surface area contributed by atoms with Crippen LogP contribution in [0.1, 0.15) is 30.5 Å². The van der Waals surface area contributed by atoms with Crippen molar-refractivity contribution in [3.63, 3.8) is 0 Å². The highest BCUT2D eigenvalue weighted by Crippen LogP contribution is 2.22. The number of anilines is 1. The number of amides is 1. The van der Waals surface area contributed by atoms with Gasteiger partial charge in [-0.05, 0) is 35.6 Å². The van der Waals surface area contributed by atoms with Crippen LogP contribution in [-0.4, -0.2) is 40.6 Å². The van der Waals surface area contributed by atoms with Gasteiger partial charge < -0.3 is 10.4 Å². The predicted octanol–water partition coefficient (Wildman–Crippen LogP) is 2.64. The van der Waals surface area contributed by atoms with Crippen molar-refractivity contribution in [3.05, 3.63) is 59.4 Å². The Balaban J connectivity index is 2.06. The van der Waals surface area contributed by atoms with Crippen molar-refractivity contribution in [1.82, 2.24) is 9.88 Å². The Labute approximate surface area is 149 Å². The Hall–Kier alpha value is -2.24. The molecule has 0 radical (unpaired) electrons. The van der Waals surface area contributed by atoms with E-state index in [1.54, 1.807) is 12.4 Å². The highest BCUT2D eigenvalue weighted by Gasteiger charge is 2.14. The number of hydrogen-bond donors (Lipinski definition) is 2. The summed E-state index contributed by atoms with van der Waals surface area (Å²) in [5, 5.41) is 12.4. The van der Waals surface area contributed by atoms with Gasteiger partial charge in [0.25, 0.3) is 0 Å². The minimum Gasteiger partial charge on any atom is -0.395 e. The van der Waals surface area contributed by atoms with Crippen LogP contribution in [-0.2, 0) is 24.2 Å². The van der Waals surface area contributed by atoms with E-state index in [1.165, 1.54) is 0 Å². The second kappa shape index (κ2) is 9.91. The van der Waals surface area contributed by atoms with Gasteiger partial charge in [-0.15, -0.1) is 0 Å². The van der Waals surface area contributed by atoms with Gasteiger partial charge in [0.05, 0.1) is 13.2 Å². The van der Waals surface area contributed by atoms with Crippen molar-refractivity contribution >= 4 is 11.6 Å². The number of aliphatic hydroxyl groups is 1. The standard InChI is InChI=1S/C20H27N3O2/c1-3-17-8-5-9-18(4-2)20(17)22-19(25)15-23(11-12-24)14-16-7-6-10-21-13-16/h5-10,13,24H,3-4,11-12,14-15H2,1-2H3,(H,22,25). The third kappa shape index (κ3) is 5.66. The van der Waals surface area contributed by atoms with Gasteiger partial charge in [0, 0.05) is 31.2 Å². The number of rotatable bonds is 9. The molecule has 2 rings (SSSR count). The van der Waals surface area contributed by atoms with Crippen LogP contribution >= 0.6 is 0 Å². The van der Waals surface area contributed by atoms with Gasteiger partial charge in [0.15, 0.2) is 0 Å². The average molecular weight is 341 g/mol. The van der Waals surface area contributed by atoms with Crippen LogP contribution in [0.15, 0.2) is 42.7 Å². The zero-order valence-electron chi connectivity index (χ0n) is 15.0. The molecule has 0 aliphatic heterocycles. The highest BCUT2D eigenvalue weighted by atomic mass is 16.3. The summed E-state index contributed by atoms with van der Waals surface area (Å²) < 4.78 is 0. The normalized spacial score (nSPS) is 10.9. The number of carbonyl (C=O) groups excluding carboxylic acids is 1. The molecular weight excluding hydrogens is 314 g/mol. The number of aryl methyl sites for hydroxylation is 2. The summed E-state index contributed by atoms with van der Waals surface area (Å²) in [6.07, 6.45) is 5.25. The largest absolute Gasteiger partial charge is 0.395 e. The Morgan fingerprint density at radius 2 is 1.88 bits per heavy atom. The SMILES string of the molecule is CCc1cccc(CC)c1NC(=O)CN(CCO)Cc1cccnc1. The van der Waals surface area contributed by atoms with E-state index in [2.05, 4.69) is 36.3 Å². The molecular formula is C20H27N3O2. The lowest BCUT2D eigenvalue weighted by molar-refractivity contribution is -0.117. The lowest BCUT2D eigenvalue weighted by Gasteiger charge is -2.22. The number of para-hydroxylation sites is 1. The van der Waals surface area contributed by atoms with E-state index in [-0.39, 0.29) is 19.1 Å². The molecule has 5 nitrogen and oxygen atoms in total. The van der Waals surface area contributed by atoms with Gasteiger partial charge in [0.2, 0.25) is 5.91 Å². The molecule has 0 aliphatic rings. The topological polar surface area (TPSA) is 65.5 Å². The van der Waals surface area contributed by atoms with Gasteiger partial charge in [-0.25, -0.2) is 0 Å². The number of aliphatic hydroxyl groups excluding tert-OH is 1. The Morgan fingerprint density at radius 1 is 1.16 bits per heavy atom. The molecule has 0 saturated carbocycles. The molecule has 0 aliphatic carbocycles. The average Bonchev–Trinajstić information content (AvgIpc) is 2.62. The molecule has 25 heavy (non-hydrogen) atoms. The number of nitrogens with zero attached hydrogens (tertiary/aromatic N) is 2. The fraction of sp³-hybridized carbons (Fsp3) is 0.400. The first kappa shape index (κ1) is 19.1. The molecule has 5 heteroatoms. The van der Waals surface area contributed by atoms with Crippen LogP contribution in [0.25, 0.3) is 0 Å². The summed E-state index contributed by atoms with van der Waals surface area (Å²) in [6, 6.07) is 9.98. The molecule has 2 N–H and O–H groups in total. The van der Waals surface area contributed by atoms with Crippen molar-refractivity contribution < 1.29 is 9.90 Å². The molecule has 0 unspecified atom stereocenters. The Bertz CT molecular complexity index is 652. The molecule has 1 aromatic heterocycles. The summed E-state index contributed by atoms with van der Waals surface area (Å²) in [5.74, 6) is -0.0621. The summed E-state index contributed by atoms with van der Waals surface area (Å²) in [6.45, 7) is 5.45. The maximum atomic E-state index is 12.6. The van der Waals surface area contributed by atoms with Gasteiger partial charge in [0.1, 0.15) is 0 Å². The summed E-state index contributed by atoms with van der Waals surface area (Å²) >= 11 is 0. The first-order valence-electron chi connectivity index (χ1n) is 8.80. The zero-order valence-corrected chi connectivity index (χ0v) is 15.0. The molecule has 0 saturated heterocycles. The third-order valence-corrected chi connectivity index (χ3v) is 4.18. The number of aromatic nitrogens is 1. The Morgan fingerprint density at radius 3 is 2.44 bits per heavy atom. The summed E-state index contributed by atoms with van der Waals surface area (Å²) in [7, 11) is 0. The molecule has 134 valence electrons. The van der Waals surface area contributed by atoms with E-state index >= 15 is 0 Å². The predicted molar refractivity (Wildman–Crippen MR) is 100 cm³/mol. The van der Waals surface area contributed by atoms with Gasteiger partial charge in [-0.2, -0.15) is 0 Å². The quantitative estimate of drug-likeness (QED) is 0.736. The molecule has 2 aromatic rings.